The Hall–Kier alpha value is -1.69. The molecular weight excluding hydrogens is 198 g/mol. The van der Waals surface area contributed by atoms with Crippen LogP contribution in [0, 0.1) is 0 Å². The molecule has 6 heteroatoms. The molecule has 1 aliphatic heterocycles. The molecule has 2 rings (SSSR count). The maximum Gasteiger partial charge on any atom is 0.354 e. The number of morpholine rings is 1. The van der Waals surface area contributed by atoms with Crippen molar-refractivity contribution in [1.29, 1.82) is 0 Å². The van der Waals surface area contributed by atoms with Crippen LogP contribution in [0.15, 0.2) is 12.3 Å². The fourth-order valence-electron chi connectivity index (χ4n) is 1.38. The van der Waals surface area contributed by atoms with Gasteiger partial charge in [-0.1, -0.05) is 0 Å². The third-order valence-electron chi connectivity index (χ3n) is 2.16. The van der Waals surface area contributed by atoms with Gasteiger partial charge in [0.05, 0.1) is 13.2 Å². The summed E-state index contributed by atoms with van der Waals surface area (Å²) in [4.78, 5) is 20.6. The minimum absolute atomic E-state index is 0.0199. The molecule has 6 nitrogen and oxygen atoms in total. The van der Waals surface area contributed by atoms with E-state index < -0.39 is 5.97 Å². The van der Waals surface area contributed by atoms with Gasteiger partial charge in [-0.3, -0.25) is 0 Å². The van der Waals surface area contributed by atoms with Crippen molar-refractivity contribution in [2.75, 3.05) is 31.2 Å². The average molecular weight is 209 g/mol. The van der Waals surface area contributed by atoms with Gasteiger partial charge in [0.15, 0.2) is 5.69 Å². The Kier molecular flexibility index (Phi) is 2.77. The molecule has 0 aliphatic carbocycles. The molecule has 0 bridgehead atoms. The standard InChI is InChI=1S/C9H11N3O3/c13-8(14)7-1-2-10-9(11-7)12-3-5-15-6-4-12/h1-2H,3-6H2,(H,13,14). The maximum atomic E-state index is 10.7. The predicted molar refractivity (Wildman–Crippen MR) is 52.0 cm³/mol. The first-order valence-electron chi connectivity index (χ1n) is 4.66. The maximum absolute atomic E-state index is 10.7. The Labute approximate surface area is 86.5 Å². The van der Waals surface area contributed by atoms with Gasteiger partial charge in [0.25, 0.3) is 0 Å². The Bertz CT molecular complexity index is 363. The van der Waals surface area contributed by atoms with E-state index in [1.54, 1.807) is 0 Å². The number of anilines is 1. The molecule has 1 N–H and O–H groups in total. The molecule has 0 amide bonds. The van der Waals surface area contributed by atoms with Gasteiger partial charge in [0.1, 0.15) is 0 Å². The lowest BCUT2D eigenvalue weighted by molar-refractivity contribution is 0.0690. The molecule has 0 saturated carbocycles. The number of nitrogens with zero attached hydrogens (tertiary/aromatic N) is 3. The lowest BCUT2D eigenvalue weighted by atomic mass is 10.4. The monoisotopic (exact) mass is 209 g/mol. The summed E-state index contributed by atoms with van der Waals surface area (Å²) in [5.41, 5.74) is 0.0199. The summed E-state index contributed by atoms with van der Waals surface area (Å²) in [5, 5.41) is 8.77. The number of carboxylic acids is 1. The van der Waals surface area contributed by atoms with E-state index in [2.05, 4.69) is 9.97 Å². The van der Waals surface area contributed by atoms with E-state index in [9.17, 15) is 4.79 Å². The smallest absolute Gasteiger partial charge is 0.354 e. The number of hydrogen-bond donors (Lipinski definition) is 1. The van der Waals surface area contributed by atoms with E-state index in [4.69, 9.17) is 9.84 Å². The fourth-order valence-corrected chi connectivity index (χ4v) is 1.38. The highest BCUT2D eigenvalue weighted by molar-refractivity contribution is 5.85. The van der Waals surface area contributed by atoms with Crippen molar-refractivity contribution >= 4 is 11.9 Å². The molecule has 0 atom stereocenters. The van der Waals surface area contributed by atoms with Crippen LogP contribution in [0.25, 0.3) is 0 Å². The zero-order valence-electron chi connectivity index (χ0n) is 8.09. The second kappa shape index (κ2) is 4.22. The second-order valence-corrected chi connectivity index (χ2v) is 3.15. The lowest BCUT2D eigenvalue weighted by Gasteiger charge is -2.26. The van der Waals surface area contributed by atoms with E-state index in [1.807, 2.05) is 4.90 Å². The van der Waals surface area contributed by atoms with E-state index in [1.165, 1.54) is 12.3 Å². The third-order valence-corrected chi connectivity index (χ3v) is 2.16. The highest BCUT2D eigenvalue weighted by Crippen LogP contribution is 2.09. The Morgan fingerprint density at radius 1 is 1.47 bits per heavy atom. The summed E-state index contributed by atoms with van der Waals surface area (Å²) >= 11 is 0. The zero-order chi connectivity index (χ0) is 10.7. The molecule has 0 radical (unpaired) electrons. The lowest BCUT2D eigenvalue weighted by Crippen LogP contribution is -2.37. The Morgan fingerprint density at radius 2 is 2.20 bits per heavy atom. The summed E-state index contributed by atoms with van der Waals surface area (Å²) in [5.74, 6) is -0.579. The van der Waals surface area contributed by atoms with E-state index in [-0.39, 0.29) is 5.69 Å². The van der Waals surface area contributed by atoms with Gasteiger partial charge in [0.2, 0.25) is 5.95 Å². The van der Waals surface area contributed by atoms with E-state index in [0.717, 1.165) is 0 Å². The number of aromatic nitrogens is 2. The van der Waals surface area contributed by atoms with Gasteiger partial charge in [-0.15, -0.1) is 0 Å². The van der Waals surface area contributed by atoms with Crippen LogP contribution in [0.5, 0.6) is 0 Å². The van der Waals surface area contributed by atoms with Crippen molar-refractivity contribution in [3.05, 3.63) is 18.0 Å². The SMILES string of the molecule is O=C(O)c1ccnc(N2CCOCC2)n1. The first kappa shape index (κ1) is 9.85. The molecule has 0 aromatic carbocycles. The number of carboxylic acid groups (broad SMARTS) is 1. The molecule has 0 unspecified atom stereocenters. The van der Waals surface area contributed by atoms with Crippen molar-refractivity contribution in [2.24, 2.45) is 0 Å². The number of ether oxygens (including phenoxy) is 1. The van der Waals surface area contributed by atoms with Crippen LogP contribution in [0.1, 0.15) is 10.5 Å². The minimum atomic E-state index is -1.04. The van der Waals surface area contributed by atoms with Crippen molar-refractivity contribution in [2.45, 2.75) is 0 Å². The molecule has 1 aliphatic rings. The molecule has 1 fully saturated rings. The Balaban J connectivity index is 2.19. The van der Waals surface area contributed by atoms with Crippen LogP contribution in [-0.4, -0.2) is 47.3 Å². The summed E-state index contributed by atoms with van der Waals surface area (Å²) in [7, 11) is 0. The predicted octanol–water partition coefficient (Wildman–Crippen LogP) is 0.0114. The summed E-state index contributed by atoms with van der Waals surface area (Å²) < 4.78 is 5.19. The molecule has 80 valence electrons. The number of aromatic carboxylic acids is 1. The molecule has 2 heterocycles. The van der Waals surface area contributed by atoms with Crippen LogP contribution in [0.4, 0.5) is 5.95 Å². The van der Waals surface area contributed by atoms with Gasteiger partial charge >= 0.3 is 5.97 Å². The quantitative estimate of drug-likeness (QED) is 0.739. The van der Waals surface area contributed by atoms with Crippen LogP contribution >= 0.6 is 0 Å². The van der Waals surface area contributed by atoms with Gasteiger partial charge in [-0.2, -0.15) is 0 Å². The first-order valence-corrected chi connectivity index (χ1v) is 4.66. The van der Waals surface area contributed by atoms with Gasteiger partial charge < -0.3 is 14.7 Å². The average Bonchev–Trinajstić information content (AvgIpc) is 2.30. The first-order chi connectivity index (χ1) is 7.27. The van der Waals surface area contributed by atoms with Crippen molar-refractivity contribution < 1.29 is 14.6 Å². The number of rotatable bonds is 2. The summed E-state index contributed by atoms with van der Waals surface area (Å²) in [6.07, 6.45) is 1.46. The second-order valence-electron chi connectivity index (χ2n) is 3.15. The van der Waals surface area contributed by atoms with Crippen molar-refractivity contribution in [3.63, 3.8) is 0 Å². The van der Waals surface area contributed by atoms with Crippen LogP contribution in [0.2, 0.25) is 0 Å². The van der Waals surface area contributed by atoms with Gasteiger partial charge in [-0.05, 0) is 6.07 Å². The number of hydrogen-bond acceptors (Lipinski definition) is 5. The number of carbonyl (C=O) groups is 1. The molecule has 1 aromatic rings. The Morgan fingerprint density at radius 3 is 2.87 bits per heavy atom. The highest BCUT2D eigenvalue weighted by Gasteiger charge is 2.15. The van der Waals surface area contributed by atoms with E-state index in [0.29, 0.717) is 32.3 Å². The normalized spacial score (nSPS) is 16.4. The van der Waals surface area contributed by atoms with Crippen LogP contribution < -0.4 is 4.90 Å². The molecule has 1 saturated heterocycles. The largest absolute Gasteiger partial charge is 0.477 e. The molecule has 15 heavy (non-hydrogen) atoms. The molecule has 1 aromatic heterocycles. The van der Waals surface area contributed by atoms with Crippen molar-refractivity contribution in [3.8, 4) is 0 Å². The zero-order valence-corrected chi connectivity index (χ0v) is 8.09. The summed E-state index contributed by atoms with van der Waals surface area (Å²) in [6, 6.07) is 1.38. The van der Waals surface area contributed by atoms with Crippen molar-refractivity contribution in [1.82, 2.24) is 9.97 Å². The van der Waals surface area contributed by atoms with E-state index >= 15 is 0 Å². The third kappa shape index (κ3) is 2.21. The van der Waals surface area contributed by atoms with Crippen LogP contribution in [-0.2, 0) is 4.74 Å². The topological polar surface area (TPSA) is 75.5 Å². The molecule has 0 spiro atoms. The van der Waals surface area contributed by atoms with Crippen LogP contribution in [0.3, 0.4) is 0 Å². The van der Waals surface area contributed by atoms with Gasteiger partial charge in [-0.25, -0.2) is 14.8 Å². The minimum Gasteiger partial charge on any atom is -0.477 e. The highest BCUT2D eigenvalue weighted by atomic mass is 16.5. The fraction of sp³-hybridized carbons (Fsp3) is 0.444. The molecular formula is C9H11N3O3. The summed E-state index contributed by atoms with van der Waals surface area (Å²) in [6.45, 7) is 2.65. The van der Waals surface area contributed by atoms with Gasteiger partial charge in [0, 0.05) is 19.3 Å².